The maximum atomic E-state index is 12.7. The smallest absolute Gasteiger partial charge is 0.277 e. The minimum Gasteiger partial charge on any atom is -0.411 e. The van der Waals surface area contributed by atoms with E-state index in [4.69, 9.17) is 4.42 Å². The minimum atomic E-state index is -0.366. The number of aryl methyl sites for hydroxylation is 1. The molecule has 0 fully saturated rings. The first-order valence-corrected chi connectivity index (χ1v) is 10.3. The van der Waals surface area contributed by atoms with Gasteiger partial charge in [0, 0.05) is 11.3 Å². The van der Waals surface area contributed by atoms with Gasteiger partial charge in [-0.1, -0.05) is 62.0 Å². The van der Waals surface area contributed by atoms with E-state index >= 15 is 0 Å². The molecular formula is C22H25N3O2S. The molecule has 0 saturated heterocycles. The Bertz CT molecular complexity index is 954. The average molecular weight is 396 g/mol. The highest BCUT2D eigenvalue weighted by atomic mass is 32.2. The van der Waals surface area contributed by atoms with E-state index in [0.29, 0.717) is 17.0 Å². The number of carbonyl (C=O) groups is 1. The SMILES string of the molecule is CC[C@H](C)c1ccccc1NC(=O)[C@H](C)Sc1nnc(-c2ccccc2C)o1. The lowest BCUT2D eigenvalue weighted by atomic mass is 9.97. The van der Waals surface area contributed by atoms with Gasteiger partial charge in [-0.15, -0.1) is 10.2 Å². The van der Waals surface area contributed by atoms with E-state index in [-0.39, 0.29) is 11.2 Å². The molecule has 3 aromatic rings. The number of para-hydroxylation sites is 1. The average Bonchev–Trinajstić information content (AvgIpc) is 3.16. The van der Waals surface area contributed by atoms with Gasteiger partial charge in [-0.2, -0.15) is 0 Å². The number of hydrogen-bond acceptors (Lipinski definition) is 5. The van der Waals surface area contributed by atoms with E-state index in [1.807, 2.05) is 56.3 Å². The van der Waals surface area contributed by atoms with E-state index in [9.17, 15) is 4.79 Å². The van der Waals surface area contributed by atoms with Gasteiger partial charge >= 0.3 is 0 Å². The molecule has 0 spiro atoms. The van der Waals surface area contributed by atoms with Gasteiger partial charge in [0.05, 0.1) is 5.25 Å². The van der Waals surface area contributed by atoms with Crippen molar-refractivity contribution < 1.29 is 9.21 Å². The highest BCUT2D eigenvalue weighted by Crippen LogP contribution is 2.30. The van der Waals surface area contributed by atoms with E-state index in [0.717, 1.165) is 28.8 Å². The summed E-state index contributed by atoms with van der Waals surface area (Å²) in [5.41, 5.74) is 3.98. The summed E-state index contributed by atoms with van der Waals surface area (Å²) in [7, 11) is 0. The molecule has 2 aromatic carbocycles. The van der Waals surface area contributed by atoms with Crippen LogP contribution in [0.4, 0.5) is 5.69 Å². The molecule has 1 amide bonds. The monoisotopic (exact) mass is 395 g/mol. The van der Waals surface area contributed by atoms with Crippen LogP contribution in [0.2, 0.25) is 0 Å². The quantitative estimate of drug-likeness (QED) is 0.521. The van der Waals surface area contributed by atoms with Gasteiger partial charge in [0.25, 0.3) is 5.22 Å². The van der Waals surface area contributed by atoms with E-state index < -0.39 is 0 Å². The van der Waals surface area contributed by atoms with Gasteiger partial charge in [0.1, 0.15) is 0 Å². The molecule has 0 aliphatic rings. The minimum absolute atomic E-state index is 0.0867. The van der Waals surface area contributed by atoms with Crippen molar-refractivity contribution >= 4 is 23.4 Å². The highest BCUT2D eigenvalue weighted by Gasteiger charge is 2.20. The van der Waals surface area contributed by atoms with Crippen LogP contribution < -0.4 is 5.32 Å². The summed E-state index contributed by atoms with van der Waals surface area (Å²) < 4.78 is 5.76. The first kappa shape index (κ1) is 20.1. The van der Waals surface area contributed by atoms with Gasteiger partial charge in [0.15, 0.2) is 0 Å². The molecule has 0 saturated carbocycles. The Kier molecular flexibility index (Phi) is 6.52. The normalized spacial score (nSPS) is 13.1. The third kappa shape index (κ3) is 4.62. The van der Waals surface area contributed by atoms with Gasteiger partial charge in [-0.25, -0.2) is 0 Å². The molecular weight excluding hydrogens is 370 g/mol. The fraction of sp³-hybridized carbons (Fsp3) is 0.318. The molecule has 146 valence electrons. The lowest BCUT2D eigenvalue weighted by molar-refractivity contribution is -0.115. The molecule has 2 atom stereocenters. The molecule has 28 heavy (non-hydrogen) atoms. The van der Waals surface area contributed by atoms with Crippen LogP contribution >= 0.6 is 11.8 Å². The largest absolute Gasteiger partial charge is 0.411 e. The topological polar surface area (TPSA) is 68.0 Å². The Labute approximate surface area is 170 Å². The van der Waals surface area contributed by atoms with Crippen molar-refractivity contribution in [2.75, 3.05) is 5.32 Å². The zero-order valence-corrected chi connectivity index (χ0v) is 17.4. The number of rotatable bonds is 7. The number of carbonyl (C=O) groups excluding carboxylic acids is 1. The van der Waals surface area contributed by atoms with Gasteiger partial charge in [0.2, 0.25) is 11.8 Å². The van der Waals surface area contributed by atoms with Crippen molar-refractivity contribution in [1.82, 2.24) is 10.2 Å². The first-order valence-electron chi connectivity index (χ1n) is 9.45. The summed E-state index contributed by atoms with van der Waals surface area (Å²) in [6.07, 6.45) is 1.01. The van der Waals surface area contributed by atoms with E-state index in [2.05, 4.69) is 35.4 Å². The number of aromatic nitrogens is 2. The second-order valence-electron chi connectivity index (χ2n) is 6.83. The lowest BCUT2D eigenvalue weighted by Crippen LogP contribution is -2.23. The molecule has 1 N–H and O–H groups in total. The maximum Gasteiger partial charge on any atom is 0.277 e. The standard InChI is InChI=1S/C22H25N3O2S/c1-5-14(2)17-11-8-9-13-19(17)23-20(26)16(4)28-22-25-24-21(27-22)18-12-7-6-10-15(18)3/h6-14,16H,5H2,1-4H3,(H,23,26)/t14-,16-/m0/s1. The van der Waals surface area contributed by atoms with Crippen molar-refractivity contribution in [2.24, 2.45) is 0 Å². The molecule has 5 nitrogen and oxygen atoms in total. The molecule has 1 aromatic heterocycles. The maximum absolute atomic E-state index is 12.7. The summed E-state index contributed by atoms with van der Waals surface area (Å²) in [4.78, 5) is 12.7. The van der Waals surface area contributed by atoms with Crippen LogP contribution in [0.5, 0.6) is 0 Å². The number of benzene rings is 2. The van der Waals surface area contributed by atoms with E-state index in [1.165, 1.54) is 11.8 Å². The van der Waals surface area contributed by atoms with Gasteiger partial charge < -0.3 is 9.73 Å². The Hall–Kier alpha value is -2.60. The highest BCUT2D eigenvalue weighted by molar-refractivity contribution is 8.00. The molecule has 0 aliphatic carbocycles. The Balaban J connectivity index is 1.68. The van der Waals surface area contributed by atoms with Gasteiger partial charge in [-0.05, 0) is 49.4 Å². The third-order valence-corrected chi connectivity index (χ3v) is 5.72. The van der Waals surface area contributed by atoms with Crippen LogP contribution in [0.1, 0.15) is 44.2 Å². The zero-order chi connectivity index (χ0) is 20.1. The number of nitrogens with zero attached hydrogens (tertiary/aromatic N) is 2. The molecule has 0 radical (unpaired) electrons. The van der Waals surface area contributed by atoms with Crippen LogP contribution in [0, 0.1) is 6.92 Å². The van der Waals surface area contributed by atoms with Crippen LogP contribution in [-0.4, -0.2) is 21.4 Å². The molecule has 0 bridgehead atoms. The summed E-state index contributed by atoms with van der Waals surface area (Å²) >= 11 is 1.26. The summed E-state index contributed by atoms with van der Waals surface area (Å²) in [5.74, 6) is 0.763. The second kappa shape index (κ2) is 9.06. The van der Waals surface area contributed by atoms with Crippen molar-refractivity contribution in [3.8, 4) is 11.5 Å². The zero-order valence-electron chi connectivity index (χ0n) is 16.6. The molecule has 0 unspecified atom stereocenters. The number of anilines is 1. The Morgan fingerprint density at radius 3 is 2.57 bits per heavy atom. The fourth-order valence-corrected chi connectivity index (χ4v) is 3.56. The fourth-order valence-electron chi connectivity index (χ4n) is 2.88. The van der Waals surface area contributed by atoms with Crippen LogP contribution in [0.15, 0.2) is 58.2 Å². The Morgan fingerprint density at radius 2 is 1.82 bits per heavy atom. The van der Waals surface area contributed by atoms with Crippen molar-refractivity contribution in [3.63, 3.8) is 0 Å². The number of hydrogen-bond donors (Lipinski definition) is 1. The van der Waals surface area contributed by atoms with Crippen molar-refractivity contribution in [3.05, 3.63) is 59.7 Å². The molecule has 0 aliphatic heterocycles. The first-order chi connectivity index (χ1) is 13.5. The summed E-state index contributed by atoms with van der Waals surface area (Å²) in [5, 5.41) is 11.3. The molecule has 1 heterocycles. The number of amides is 1. The van der Waals surface area contributed by atoms with Crippen LogP contribution in [-0.2, 0) is 4.79 Å². The van der Waals surface area contributed by atoms with Crippen LogP contribution in [0.25, 0.3) is 11.5 Å². The lowest BCUT2D eigenvalue weighted by Gasteiger charge is -2.17. The number of nitrogens with one attached hydrogen (secondary N) is 1. The van der Waals surface area contributed by atoms with Crippen molar-refractivity contribution in [2.45, 2.75) is 50.5 Å². The predicted octanol–water partition coefficient (Wildman–Crippen LogP) is 5.68. The molecule has 3 rings (SSSR count). The molecule has 6 heteroatoms. The van der Waals surface area contributed by atoms with Crippen molar-refractivity contribution in [1.29, 1.82) is 0 Å². The Morgan fingerprint density at radius 1 is 1.11 bits per heavy atom. The summed E-state index contributed by atoms with van der Waals surface area (Å²) in [6, 6.07) is 15.8. The third-order valence-electron chi connectivity index (χ3n) is 4.79. The second-order valence-corrected chi connectivity index (χ2v) is 8.13. The predicted molar refractivity (Wildman–Crippen MR) is 114 cm³/mol. The van der Waals surface area contributed by atoms with E-state index in [1.54, 1.807) is 0 Å². The van der Waals surface area contributed by atoms with Crippen LogP contribution in [0.3, 0.4) is 0 Å². The number of thioether (sulfide) groups is 1. The summed E-state index contributed by atoms with van der Waals surface area (Å²) in [6.45, 7) is 8.14. The van der Waals surface area contributed by atoms with Gasteiger partial charge in [-0.3, -0.25) is 4.79 Å².